The van der Waals surface area contributed by atoms with Gasteiger partial charge < -0.3 is 10.2 Å². The maximum atomic E-state index is 12.1. The summed E-state index contributed by atoms with van der Waals surface area (Å²) in [4.78, 5) is 14.0. The molecule has 0 bridgehead atoms. The SMILES string of the molecule is C[C@@H]1CCN(C(=O)NCC2CCS(=O)(=O)CC2)CCS1. The van der Waals surface area contributed by atoms with Crippen LogP contribution in [0.15, 0.2) is 0 Å². The number of amides is 2. The number of carbonyl (C=O) groups excluding carboxylic acids is 1. The quantitative estimate of drug-likeness (QED) is 0.834. The summed E-state index contributed by atoms with van der Waals surface area (Å²) in [5, 5.41) is 3.60. The summed E-state index contributed by atoms with van der Waals surface area (Å²) < 4.78 is 22.7. The second-order valence-corrected chi connectivity index (χ2v) is 9.59. The molecule has 0 spiro atoms. The highest BCUT2D eigenvalue weighted by Crippen LogP contribution is 2.20. The van der Waals surface area contributed by atoms with E-state index in [2.05, 4.69) is 12.2 Å². The summed E-state index contributed by atoms with van der Waals surface area (Å²) in [7, 11) is -2.81. The van der Waals surface area contributed by atoms with E-state index in [9.17, 15) is 13.2 Å². The molecule has 0 unspecified atom stereocenters. The van der Waals surface area contributed by atoms with Gasteiger partial charge in [0.1, 0.15) is 9.84 Å². The molecule has 7 heteroatoms. The zero-order chi connectivity index (χ0) is 14.6. The number of hydrogen-bond donors (Lipinski definition) is 1. The average Bonchev–Trinajstić information content (AvgIpc) is 2.62. The third-order valence-corrected chi connectivity index (χ3v) is 7.01. The summed E-state index contributed by atoms with van der Waals surface area (Å²) in [6.45, 7) is 4.43. The fourth-order valence-corrected chi connectivity index (χ4v) is 5.18. The molecule has 2 amide bonds. The van der Waals surface area contributed by atoms with E-state index in [0.29, 0.717) is 30.6 Å². The molecule has 5 nitrogen and oxygen atoms in total. The van der Waals surface area contributed by atoms with Crippen molar-refractivity contribution in [3.63, 3.8) is 0 Å². The maximum Gasteiger partial charge on any atom is 0.317 e. The first kappa shape index (κ1) is 15.9. The first-order chi connectivity index (χ1) is 9.46. The lowest BCUT2D eigenvalue weighted by atomic mass is 10.0. The Bertz CT molecular complexity index is 425. The standard InChI is InChI=1S/C13H24N2O3S2/c1-11-2-5-15(6-7-19-11)13(16)14-10-12-3-8-20(17,18)9-4-12/h11-12H,2-10H2,1H3,(H,14,16)/t11-/m1/s1. The predicted octanol–water partition coefficient (Wildman–Crippen LogP) is 1.35. The van der Waals surface area contributed by atoms with Crippen molar-refractivity contribution < 1.29 is 13.2 Å². The van der Waals surface area contributed by atoms with Crippen LogP contribution in [-0.4, -0.2) is 61.5 Å². The van der Waals surface area contributed by atoms with Crippen LogP contribution in [0.3, 0.4) is 0 Å². The van der Waals surface area contributed by atoms with Crippen LogP contribution in [0.4, 0.5) is 4.79 Å². The fraction of sp³-hybridized carbons (Fsp3) is 0.923. The van der Waals surface area contributed by atoms with Crippen LogP contribution >= 0.6 is 11.8 Å². The van der Waals surface area contributed by atoms with Crippen LogP contribution in [0.25, 0.3) is 0 Å². The van der Waals surface area contributed by atoms with Gasteiger partial charge in [0.2, 0.25) is 0 Å². The Kier molecular flexibility index (Phi) is 5.60. The van der Waals surface area contributed by atoms with Gasteiger partial charge in [-0.1, -0.05) is 6.92 Å². The van der Waals surface area contributed by atoms with Gasteiger partial charge >= 0.3 is 6.03 Å². The molecule has 2 heterocycles. The Morgan fingerprint density at radius 3 is 2.65 bits per heavy atom. The molecule has 1 atom stereocenters. The number of rotatable bonds is 2. The molecule has 0 aromatic heterocycles. The molecule has 2 aliphatic heterocycles. The summed E-state index contributed by atoms with van der Waals surface area (Å²) in [5.74, 6) is 1.84. The molecule has 20 heavy (non-hydrogen) atoms. The minimum Gasteiger partial charge on any atom is -0.338 e. The minimum atomic E-state index is -2.81. The van der Waals surface area contributed by atoms with Crippen molar-refractivity contribution in [2.24, 2.45) is 5.92 Å². The van der Waals surface area contributed by atoms with E-state index >= 15 is 0 Å². The smallest absolute Gasteiger partial charge is 0.317 e. The molecule has 2 saturated heterocycles. The van der Waals surface area contributed by atoms with Crippen LogP contribution in [0.5, 0.6) is 0 Å². The van der Waals surface area contributed by atoms with Gasteiger partial charge in [-0.25, -0.2) is 13.2 Å². The van der Waals surface area contributed by atoms with Crippen molar-refractivity contribution in [3.8, 4) is 0 Å². The Hall–Kier alpha value is -0.430. The maximum absolute atomic E-state index is 12.1. The summed E-state index contributed by atoms with van der Waals surface area (Å²) >= 11 is 1.92. The van der Waals surface area contributed by atoms with E-state index < -0.39 is 9.84 Å². The molecule has 1 N–H and O–H groups in total. The van der Waals surface area contributed by atoms with E-state index in [0.717, 1.165) is 25.3 Å². The highest BCUT2D eigenvalue weighted by atomic mass is 32.2. The largest absolute Gasteiger partial charge is 0.338 e. The highest BCUT2D eigenvalue weighted by molar-refractivity contribution is 7.99. The van der Waals surface area contributed by atoms with Gasteiger partial charge in [0.05, 0.1) is 11.5 Å². The molecule has 2 aliphatic rings. The molecule has 0 aromatic carbocycles. The number of urea groups is 1. The lowest BCUT2D eigenvalue weighted by Gasteiger charge is -2.25. The summed E-state index contributed by atoms with van der Waals surface area (Å²) in [6, 6.07) is 0.00753. The fourth-order valence-electron chi connectivity index (χ4n) is 2.59. The Balaban J connectivity index is 1.72. The van der Waals surface area contributed by atoms with Gasteiger partial charge in [-0.2, -0.15) is 11.8 Å². The van der Waals surface area contributed by atoms with Gasteiger partial charge in [-0.3, -0.25) is 0 Å². The summed E-state index contributed by atoms with van der Waals surface area (Å²) in [6.07, 6.45) is 2.39. The van der Waals surface area contributed by atoms with E-state index in [1.165, 1.54) is 0 Å². The molecule has 0 aliphatic carbocycles. The Morgan fingerprint density at radius 1 is 1.25 bits per heavy atom. The minimum absolute atomic E-state index is 0.00753. The molecule has 116 valence electrons. The highest BCUT2D eigenvalue weighted by Gasteiger charge is 2.25. The van der Waals surface area contributed by atoms with E-state index in [4.69, 9.17) is 0 Å². The molecule has 0 aromatic rings. The van der Waals surface area contributed by atoms with Crippen molar-refractivity contribution in [2.45, 2.75) is 31.4 Å². The number of sulfone groups is 1. The van der Waals surface area contributed by atoms with Crippen molar-refractivity contribution >= 4 is 27.6 Å². The topological polar surface area (TPSA) is 66.5 Å². The summed E-state index contributed by atoms with van der Waals surface area (Å²) in [5.41, 5.74) is 0. The third-order valence-electron chi connectivity index (χ3n) is 4.07. The lowest BCUT2D eigenvalue weighted by Crippen LogP contribution is -2.43. The van der Waals surface area contributed by atoms with Gasteiger partial charge in [0.15, 0.2) is 0 Å². The second kappa shape index (κ2) is 7.02. The second-order valence-electron chi connectivity index (χ2n) is 5.74. The van der Waals surface area contributed by atoms with Crippen LogP contribution < -0.4 is 5.32 Å². The zero-order valence-electron chi connectivity index (χ0n) is 12.0. The zero-order valence-corrected chi connectivity index (χ0v) is 13.6. The number of nitrogens with zero attached hydrogens (tertiary/aromatic N) is 1. The predicted molar refractivity (Wildman–Crippen MR) is 82.9 cm³/mol. The molecule has 0 saturated carbocycles. The van der Waals surface area contributed by atoms with E-state index in [1.54, 1.807) is 0 Å². The van der Waals surface area contributed by atoms with Gasteiger partial charge in [-0.15, -0.1) is 0 Å². The van der Waals surface area contributed by atoms with Crippen molar-refractivity contribution in [2.75, 3.05) is 36.9 Å². The van der Waals surface area contributed by atoms with Crippen molar-refractivity contribution in [3.05, 3.63) is 0 Å². The number of thioether (sulfide) groups is 1. The first-order valence-electron chi connectivity index (χ1n) is 7.31. The number of carbonyl (C=O) groups is 1. The van der Waals surface area contributed by atoms with Gasteiger partial charge in [-0.05, 0) is 25.2 Å². The normalized spacial score (nSPS) is 27.9. The third kappa shape index (κ3) is 4.84. The Morgan fingerprint density at radius 2 is 1.95 bits per heavy atom. The van der Waals surface area contributed by atoms with Crippen LogP contribution in [0.1, 0.15) is 26.2 Å². The van der Waals surface area contributed by atoms with E-state index in [1.807, 2.05) is 16.7 Å². The number of hydrogen-bond acceptors (Lipinski definition) is 4. The monoisotopic (exact) mass is 320 g/mol. The molecular weight excluding hydrogens is 296 g/mol. The molecule has 2 fully saturated rings. The van der Waals surface area contributed by atoms with Crippen LogP contribution in [0, 0.1) is 5.92 Å². The van der Waals surface area contributed by atoms with Crippen LogP contribution in [0.2, 0.25) is 0 Å². The molecule has 0 radical (unpaired) electrons. The van der Waals surface area contributed by atoms with Gasteiger partial charge in [0.25, 0.3) is 0 Å². The average molecular weight is 320 g/mol. The van der Waals surface area contributed by atoms with E-state index in [-0.39, 0.29) is 17.5 Å². The van der Waals surface area contributed by atoms with Crippen molar-refractivity contribution in [1.82, 2.24) is 10.2 Å². The van der Waals surface area contributed by atoms with Gasteiger partial charge in [0, 0.05) is 30.6 Å². The number of nitrogens with one attached hydrogen (secondary N) is 1. The molecular formula is C13H24N2O3S2. The van der Waals surface area contributed by atoms with Crippen molar-refractivity contribution in [1.29, 1.82) is 0 Å². The lowest BCUT2D eigenvalue weighted by molar-refractivity contribution is 0.199. The first-order valence-corrected chi connectivity index (χ1v) is 10.2. The van der Waals surface area contributed by atoms with Crippen LogP contribution in [-0.2, 0) is 9.84 Å². The molecule has 2 rings (SSSR count). The Labute approximate surface area is 125 Å².